The molecule has 0 amide bonds. The lowest BCUT2D eigenvalue weighted by Crippen LogP contribution is -2.32. The van der Waals surface area contributed by atoms with Crippen molar-refractivity contribution in [2.24, 2.45) is 5.14 Å². The molecule has 2 aromatic rings. The molecule has 1 aliphatic heterocycles. The summed E-state index contributed by atoms with van der Waals surface area (Å²) in [4.78, 5) is 11.3. The van der Waals surface area contributed by atoms with Crippen LogP contribution in [0, 0.1) is 0 Å². The second kappa shape index (κ2) is 7.79. The fourth-order valence-corrected chi connectivity index (χ4v) is 3.63. The van der Waals surface area contributed by atoms with Gasteiger partial charge in [0.25, 0.3) is 0 Å². The van der Waals surface area contributed by atoms with Crippen LogP contribution in [0.5, 0.6) is 0 Å². The lowest BCUT2D eigenvalue weighted by molar-refractivity contribution is 0.281. The fraction of sp³-hybridized carbons (Fsp3) is 0.444. The molecule has 27 heavy (non-hydrogen) atoms. The van der Waals surface area contributed by atoms with Gasteiger partial charge >= 0.3 is 0 Å². The SMILES string of the molecule is CCc1cc(N2CCc3ccc(S(N)(=O)=O)cc3C2)nc(N[C@H](C)CO)n1. The maximum absolute atomic E-state index is 11.6. The van der Waals surface area contributed by atoms with Gasteiger partial charge in [0.2, 0.25) is 16.0 Å². The third kappa shape index (κ3) is 4.55. The molecule has 1 atom stereocenters. The van der Waals surface area contributed by atoms with Crippen LogP contribution in [0.2, 0.25) is 0 Å². The maximum atomic E-state index is 11.6. The highest BCUT2D eigenvalue weighted by Crippen LogP contribution is 2.26. The number of sulfonamides is 1. The molecule has 0 saturated heterocycles. The Morgan fingerprint density at radius 1 is 1.30 bits per heavy atom. The molecule has 1 aromatic heterocycles. The van der Waals surface area contributed by atoms with E-state index in [1.54, 1.807) is 12.1 Å². The monoisotopic (exact) mass is 391 g/mol. The zero-order chi connectivity index (χ0) is 19.6. The molecule has 0 bridgehead atoms. The highest BCUT2D eigenvalue weighted by molar-refractivity contribution is 7.89. The Labute approximate surface area is 159 Å². The Morgan fingerprint density at radius 2 is 2.07 bits per heavy atom. The molecule has 1 aliphatic rings. The van der Waals surface area contributed by atoms with Crippen molar-refractivity contribution in [2.75, 3.05) is 23.4 Å². The molecule has 1 aromatic carbocycles. The topological polar surface area (TPSA) is 121 Å². The van der Waals surface area contributed by atoms with Gasteiger partial charge in [-0.25, -0.2) is 18.5 Å². The Bertz CT molecular complexity index is 933. The first kappa shape index (κ1) is 19.5. The second-order valence-electron chi connectivity index (χ2n) is 6.77. The predicted molar refractivity (Wildman–Crippen MR) is 104 cm³/mol. The molecule has 0 fully saturated rings. The van der Waals surface area contributed by atoms with E-state index in [1.807, 2.05) is 26.0 Å². The van der Waals surface area contributed by atoms with Gasteiger partial charge < -0.3 is 15.3 Å². The summed E-state index contributed by atoms with van der Waals surface area (Å²) < 4.78 is 23.3. The summed E-state index contributed by atoms with van der Waals surface area (Å²) in [6.45, 7) is 5.19. The van der Waals surface area contributed by atoms with Crippen LogP contribution in [0.4, 0.5) is 11.8 Å². The quantitative estimate of drug-likeness (QED) is 0.673. The summed E-state index contributed by atoms with van der Waals surface area (Å²) in [5.74, 6) is 1.26. The highest BCUT2D eigenvalue weighted by atomic mass is 32.2. The molecule has 146 valence electrons. The summed E-state index contributed by atoms with van der Waals surface area (Å²) in [5.41, 5.74) is 2.95. The van der Waals surface area contributed by atoms with Crippen molar-refractivity contribution in [3.63, 3.8) is 0 Å². The number of nitrogens with two attached hydrogens (primary N) is 1. The lowest BCUT2D eigenvalue weighted by atomic mass is 10.00. The minimum absolute atomic E-state index is 0.0114. The Morgan fingerprint density at radius 3 is 2.74 bits per heavy atom. The van der Waals surface area contributed by atoms with E-state index in [0.29, 0.717) is 12.5 Å². The Hall–Kier alpha value is -2.23. The van der Waals surface area contributed by atoms with Crippen LogP contribution >= 0.6 is 0 Å². The zero-order valence-electron chi connectivity index (χ0n) is 15.5. The molecular weight excluding hydrogens is 366 g/mol. The van der Waals surface area contributed by atoms with Crippen molar-refractivity contribution in [1.82, 2.24) is 9.97 Å². The van der Waals surface area contributed by atoms with Crippen LogP contribution < -0.4 is 15.4 Å². The summed E-state index contributed by atoms with van der Waals surface area (Å²) >= 11 is 0. The van der Waals surface area contributed by atoms with Gasteiger partial charge in [0.05, 0.1) is 11.5 Å². The first-order valence-corrected chi connectivity index (χ1v) is 10.5. The lowest BCUT2D eigenvalue weighted by Gasteiger charge is -2.30. The van der Waals surface area contributed by atoms with E-state index in [2.05, 4.69) is 20.2 Å². The van der Waals surface area contributed by atoms with E-state index >= 15 is 0 Å². The van der Waals surface area contributed by atoms with Crippen molar-refractivity contribution in [2.45, 2.75) is 44.2 Å². The number of rotatable bonds is 6. The number of hydrogen-bond acceptors (Lipinski definition) is 7. The van der Waals surface area contributed by atoms with Gasteiger partial charge in [-0.05, 0) is 43.0 Å². The molecule has 9 heteroatoms. The average Bonchev–Trinajstić information content (AvgIpc) is 2.65. The van der Waals surface area contributed by atoms with Crippen molar-refractivity contribution in [1.29, 1.82) is 0 Å². The largest absolute Gasteiger partial charge is 0.394 e. The highest BCUT2D eigenvalue weighted by Gasteiger charge is 2.21. The predicted octanol–water partition coefficient (Wildman–Crippen LogP) is 1.04. The van der Waals surface area contributed by atoms with E-state index in [1.165, 1.54) is 0 Å². The maximum Gasteiger partial charge on any atom is 0.238 e. The summed E-state index contributed by atoms with van der Waals surface area (Å²) in [5, 5.41) is 17.6. The Balaban J connectivity index is 1.91. The first-order valence-electron chi connectivity index (χ1n) is 8.95. The van der Waals surface area contributed by atoms with E-state index in [4.69, 9.17) is 5.14 Å². The number of aryl methyl sites for hydroxylation is 1. The molecule has 0 saturated carbocycles. The van der Waals surface area contributed by atoms with E-state index in [9.17, 15) is 13.5 Å². The average molecular weight is 391 g/mol. The molecule has 8 nitrogen and oxygen atoms in total. The molecule has 3 rings (SSSR count). The van der Waals surface area contributed by atoms with Gasteiger partial charge in [-0.2, -0.15) is 4.98 Å². The summed E-state index contributed by atoms with van der Waals surface area (Å²) in [7, 11) is -3.73. The van der Waals surface area contributed by atoms with E-state index < -0.39 is 10.0 Å². The summed E-state index contributed by atoms with van der Waals surface area (Å²) in [6.07, 6.45) is 1.55. The number of aliphatic hydroxyl groups is 1. The fourth-order valence-electron chi connectivity index (χ4n) is 3.06. The minimum Gasteiger partial charge on any atom is -0.394 e. The minimum atomic E-state index is -3.73. The Kier molecular flexibility index (Phi) is 5.64. The van der Waals surface area contributed by atoms with Crippen LogP contribution in [-0.4, -0.2) is 42.7 Å². The van der Waals surface area contributed by atoms with Crippen molar-refractivity contribution in [3.8, 4) is 0 Å². The molecule has 2 heterocycles. The van der Waals surface area contributed by atoms with E-state index in [0.717, 1.165) is 42.0 Å². The smallest absolute Gasteiger partial charge is 0.238 e. The molecule has 0 unspecified atom stereocenters. The van der Waals surface area contributed by atoms with Gasteiger partial charge in [-0.1, -0.05) is 13.0 Å². The molecule has 0 radical (unpaired) electrons. The number of aliphatic hydroxyl groups excluding tert-OH is 1. The van der Waals surface area contributed by atoms with Crippen LogP contribution in [-0.2, 0) is 29.4 Å². The van der Waals surface area contributed by atoms with Gasteiger partial charge in [-0.3, -0.25) is 0 Å². The zero-order valence-corrected chi connectivity index (χ0v) is 16.3. The molecule has 0 aliphatic carbocycles. The van der Waals surface area contributed by atoms with Crippen molar-refractivity contribution < 1.29 is 13.5 Å². The van der Waals surface area contributed by atoms with Gasteiger partial charge in [-0.15, -0.1) is 0 Å². The van der Waals surface area contributed by atoms with Gasteiger partial charge in [0.15, 0.2) is 0 Å². The molecule has 0 spiro atoms. The number of aromatic nitrogens is 2. The molecule has 4 N–H and O–H groups in total. The number of anilines is 2. The van der Waals surface area contributed by atoms with Crippen LogP contribution in [0.3, 0.4) is 0 Å². The van der Waals surface area contributed by atoms with Crippen LogP contribution in [0.15, 0.2) is 29.2 Å². The molecular formula is C18H25N5O3S. The number of nitrogens with one attached hydrogen (secondary N) is 1. The summed E-state index contributed by atoms with van der Waals surface area (Å²) in [6, 6.07) is 6.83. The second-order valence-corrected chi connectivity index (χ2v) is 8.33. The first-order chi connectivity index (χ1) is 12.8. The van der Waals surface area contributed by atoms with Crippen LogP contribution in [0.1, 0.15) is 30.7 Å². The number of hydrogen-bond donors (Lipinski definition) is 3. The van der Waals surface area contributed by atoms with Crippen LogP contribution in [0.25, 0.3) is 0 Å². The number of nitrogens with zero attached hydrogens (tertiary/aromatic N) is 3. The third-order valence-electron chi connectivity index (χ3n) is 4.62. The number of primary sulfonamides is 1. The standard InChI is InChI=1S/C18H25N5O3S/c1-3-15-9-17(22-18(21-15)20-12(2)11-24)23-7-6-13-4-5-16(27(19,25)26)8-14(13)10-23/h4-5,8-9,12,24H,3,6-7,10-11H2,1-2H3,(H2,19,25,26)(H,20,21,22)/t12-/m1/s1. The number of fused-ring (bicyclic) bond motifs is 1. The number of benzene rings is 1. The van der Waals surface area contributed by atoms with Gasteiger partial charge in [0, 0.05) is 30.9 Å². The van der Waals surface area contributed by atoms with Crippen molar-refractivity contribution in [3.05, 3.63) is 41.1 Å². The van der Waals surface area contributed by atoms with Crippen molar-refractivity contribution >= 4 is 21.8 Å². The van der Waals surface area contributed by atoms with Gasteiger partial charge in [0.1, 0.15) is 5.82 Å². The van der Waals surface area contributed by atoms with E-state index in [-0.39, 0.29) is 17.5 Å². The normalized spacial score (nSPS) is 15.3. The third-order valence-corrected chi connectivity index (χ3v) is 5.53.